The fourth-order valence-corrected chi connectivity index (χ4v) is 1.22. The van der Waals surface area contributed by atoms with Gasteiger partial charge in [0.2, 0.25) is 0 Å². The van der Waals surface area contributed by atoms with Crippen LogP contribution in [0.1, 0.15) is 13.8 Å². The minimum absolute atomic E-state index is 0.115. The van der Waals surface area contributed by atoms with E-state index < -0.39 is 12.7 Å². The van der Waals surface area contributed by atoms with E-state index in [0.717, 1.165) is 0 Å². The smallest absolute Gasteiger partial charge is 0.488 e. The largest absolute Gasteiger partial charge is 0.493 e. The Labute approximate surface area is 101 Å². The molecule has 1 rings (SSSR count). The summed E-state index contributed by atoms with van der Waals surface area (Å²) >= 11 is 0. The molecule has 3 N–H and O–H groups in total. The van der Waals surface area contributed by atoms with Gasteiger partial charge in [-0.1, -0.05) is 6.07 Å². The highest BCUT2D eigenvalue weighted by Gasteiger charge is 2.17. The van der Waals surface area contributed by atoms with Crippen LogP contribution in [0.25, 0.3) is 0 Å². The van der Waals surface area contributed by atoms with Gasteiger partial charge in [-0.25, -0.2) is 0 Å². The van der Waals surface area contributed by atoms with Gasteiger partial charge in [-0.3, -0.25) is 0 Å². The fourth-order valence-electron chi connectivity index (χ4n) is 1.22. The Hall–Kier alpha value is -1.24. The first-order valence-corrected chi connectivity index (χ1v) is 5.23. The topological polar surface area (TPSA) is 79.2 Å². The van der Waals surface area contributed by atoms with E-state index >= 15 is 0 Å². The summed E-state index contributed by atoms with van der Waals surface area (Å²) in [6.07, 6.45) is 0. The molecule has 1 aromatic rings. The van der Waals surface area contributed by atoms with Gasteiger partial charge in [-0.05, 0) is 31.4 Å². The van der Waals surface area contributed by atoms with E-state index in [1.165, 1.54) is 19.2 Å². The van der Waals surface area contributed by atoms with Crippen molar-refractivity contribution in [2.24, 2.45) is 0 Å². The Morgan fingerprint density at radius 3 is 2.35 bits per heavy atom. The highest BCUT2D eigenvalue weighted by Crippen LogP contribution is 2.25. The third-order valence-electron chi connectivity index (χ3n) is 2.07. The van der Waals surface area contributed by atoms with Crippen molar-refractivity contribution in [3.05, 3.63) is 18.2 Å². The van der Waals surface area contributed by atoms with E-state index in [0.29, 0.717) is 17.0 Å². The lowest BCUT2D eigenvalue weighted by atomic mass is 9.80. The maximum Gasteiger partial charge on any atom is 0.488 e. The number of benzene rings is 1. The Morgan fingerprint density at radius 1 is 1.24 bits per heavy atom. The van der Waals surface area contributed by atoms with Crippen molar-refractivity contribution >= 4 is 12.6 Å². The molecule has 0 aliphatic rings. The zero-order chi connectivity index (χ0) is 13.1. The molecular formula is C11H17BO5. The van der Waals surface area contributed by atoms with E-state index in [4.69, 9.17) is 19.5 Å². The Bertz CT molecular complexity index is 373. The minimum Gasteiger partial charge on any atom is -0.493 e. The van der Waals surface area contributed by atoms with Crippen molar-refractivity contribution in [2.45, 2.75) is 19.4 Å². The Morgan fingerprint density at radius 2 is 1.88 bits per heavy atom. The molecule has 0 atom stereocenters. The van der Waals surface area contributed by atoms with Crippen LogP contribution in [-0.4, -0.2) is 41.6 Å². The summed E-state index contributed by atoms with van der Waals surface area (Å²) in [4.78, 5) is 0. The van der Waals surface area contributed by atoms with Gasteiger partial charge in [-0.15, -0.1) is 0 Å². The lowest BCUT2D eigenvalue weighted by Gasteiger charge is -2.19. The molecule has 0 aliphatic heterocycles. The summed E-state index contributed by atoms with van der Waals surface area (Å²) in [5, 5.41) is 27.6. The number of hydrogen-bond acceptors (Lipinski definition) is 5. The Kier molecular flexibility index (Phi) is 4.39. The van der Waals surface area contributed by atoms with Crippen LogP contribution in [0, 0.1) is 0 Å². The fraction of sp³-hybridized carbons (Fsp3) is 0.455. The summed E-state index contributed by atoms with van der Waals surface area (Å²) in [5.74, 6) is 0.832. The van der Waals surface area contributed by atoms with Crippen LogP contribution < -0.4 is 14.9 Å². The van der Waals surface area contributed by atoms with Crippen LogP contribution in [0.5, 0.6) is 11.5 Å². The molecule has 0 amide bonds. The molecule has 0 radical (unpaired) electrons. The van der Waals surface area contributed by atoms with Gasteiger partial charge in [0.1, 0.15) is 6.61 Å². The standard InChI is InChI=1S/C11H17BO5/c1-11(2,13)7-17-9-5-4-8(12(14)15)6-10(9)16-3/h4-6,13-15H,7H2,1-3H3. The van der Waals surface area contributed by atoms with Crippen molar-refractivity contribution in [1.29, 1.82) is 0 Å². The van der Waals surface area contributed by atoms with Crippen LogP contribution in [-0.2, 0) is 0 Å². The minimum atomic E-state index is -1.55. The predicted molar refractivity (Wildman–Crippen MR) is 64.6 cm³/mol. The quantitative estimate of drug-likeness (QED) is 0.606. The Balaban J connectivity index is 2.86. The summed E-state index contributed by atoms with van der Waals surface area (Å²) in [7, 11) is -0.0907. The van der Waals surface area contributed by atoms with Crippen LogP contribution in [0.15, 0.2) is 18.2 Å². The first-order chi connectivity index (χ1) is 7.83. The zero-order valence-corrected chi connectivity index (χ0v) is 10.2. The van der Waals surface area contributed by atoms with E-state index in [2.05, 4.69) is 0 Å². The molecule has 17 heavy (non-hydrogen) atoms. The molecule has 5 nitrogen and oxygen atoms in total. The third kappa shape index (κ3) is 4.26. The molecule has 0 saturated carbocycles. The van der Waals surface area contributed by atoms with Gasteiger partial charge >= 0.3 is 7.12 Å². The average molecular weight is 240 g/mol. The molecule has 0 saturated heterocycles. The van der Waals surface area contributed by atoms with Gasteiger partial charge in [-0.2, -0.15) is 0 Å². The SMILES string of the molecule is COc1cc(B(O)O)ccc1OCC(C)(C)O. The van der Waals surface area contributed by atoms with Crippen LogP contribution in [0.2, 0.25) is 0 Å². The summed E-state index contributed by atoms with van der Waals surface area (Å²) in [5.41, 5.74) is -0.627. The van der Waals surface area contributed by atoms with Gasteiger partial charge < -0.3 is 24.6 Å². The second-order valence-electron chi connectivity index (χ2n) is 4.39. The van der Waals surface area contributed by atoms with E-state index in [1.54, 1.807) is 19.9 Å². The maximum absolute atomic E-state index is 9.54. The van der Waals surface area contributed by atoms with Crippen LogP contribution in [0.4, 0.5) is 0 Å². The highest BCUT2D eigenvalue weighted by atomic mass is 16.5. The molecule has 0 spiro atoms. The molecule has 0 heterocycles. The first kappa shape index (κ1) is 13.8. The summed E-state index contributed by atoms with van der Waals surface area (Å²) < 4.78 is 10.5. The molecule has 1 aromatic carbocycles. The number of rotatable bonds is 5. The van der Waals surface area contributed by atoms with Crippen molar-refractivity contribution in [3.63, 3.8) is 0 Å². The second kappa shape index (κ2) is 5.40. The molecule has 6 heteroatoms. The normalized spacial score (nSPS) is 11.2. The van der Waals surface area contributed by atoms with Gasteiger partial charge in [0, 0.05) is 0 Å². The van der Waals surface area contributed by atoms with E-state index in [-0.39, 0.29) is 6.61 Å². The van der Waals surface area contributed by atoms with Crippen molar-refractivity contribution in [3.8, 4) is 11.5 Å². The second-order valence-corrected chi connectivity index (χ2v) is 4.39. The van der Waals surface area contributed by atoms with Gasteiger partial charge in [0.15, 0.2) is 11.5 Å². The van der Waals surface area contributed by atoms with Crippen LogP contribution in [0.3, 0.4) is 0 Å². The molecule has 0 bridgehead atoms. The predicted octanol–water partition coefficient (Wildman–Crippen LogP) is -0.475. The van der Waals surface area contributed by atoms with Gasteiger partial charge in [0.05, 0.1) is 12.7 Å². The highest BCUT2D eigenvalue weighted by molar-refractivity contribution is 6.58. The molecule has 0 aromatic heterocycles. The molecular weight excluding hydrogens is 223 g/mol. The van der Waals surface area contributed by atoms with Crippen LogP contribution >= 0.6 is 0 Å². The number of methoxy groups -OCH3 is 1. The molecule has 94 valence electrons. The van der Waals surface area contributed by atoms with Gasteiger partial charge in [0.25, 0.3) is 0 Å². The van der Waals surface area contributed by atoms with Crippen molar-refractivity contribution in [1.82, 2.24) is 0 Å². The molecule has 0 fully saturated rings. The van der Waals surface area contributed by atoms with E-state index in [1.807, 2.05) is 0 Å². The van der Waals surface area contributed by atoms with Crippen molar-refractivity contribution in [2.75, 3.05) is 13.7 Å². The first-order valence-electron chi connectivity index (χ1n) is 5.23. The monoisotopic (exact) mass is 240 g/mol. The number of hydrogen-bond donors (Lipinski definition) is 3. The van der Waals surface area contributed by atoms with Crippen molar-refractivity contribution < 1.29 is 24.6 Å². The number of aliphatic hydroxyl groups is 1. The lowest BCUT2D eigenvalue weighted by molar-refractivity contribution is 0.0276. The maximum atomic E-state index is 9.54. The zero-order valence-electron chi connectivity index (χ0n) is 10.2. The molecule has 0 aliphatic carbocycles. The van der Waals surface area contributed by atoms with E-state index in [9.17, 15) is 5.11 Å². The third-order valence-corrected chi connectivity index (χ3v) is 2.07. The average Bonchev–Trinajstić information content (AvgIpc) is 2.24. The summed E-state index contributed by atoms with van der Waals surface area (Å²) in [6, 6.07) is 4.57. The lowest BCUT2D eigenvalue weighted by Crippen LogP contribution is -2.30. The molecule has 0 unspecified atom stereocenters. The number of ether oxygens (including phenoxy) is 2. The summed E-state index contributed by atoms with van der Waals surface area (Å²) in [6.45, 7) is 3.38.